The summed E-state index contributed by atoms with van der Waals surface area (Å²) < 4.78 is 8.08. The van der Waals surface area contributed by atoms with Crippen LogP contribution in [0.2, 0.25) is 0 Å². The fourth-order valence-electron chi connectivity index (χ4n) is 3.86. The number of aliphatic imine (C=N–C) groups is 1. The number of guanidine groups is 1. The second kappa shape index (κ2) is 10.6. The van der Waals surface area contributed by atoms with Crippen molar-refractivity contribution in [1.29, 1.82) is 0 Å². The molecule has 2 N–H and O–H groups in total. The number of pyridine rings is 1. The number of ether oxygens (including phenoxy) is 1. The molecule has 162 valence electrons. The molecule has 0 unspecified atom stereocenters. The molecule has 7 nitrogen and oxygen atoms in total. The van der Waals surface area contributed by atoms with Crippen LogP contribution < -0.4 is 15.4 Å². The highest BCUT2D eigenvalue weighted by molar-refractivity contribution is 5.79. The summed E-state index contributed by atoms with van der Waals surface area (Å²) in [5, 5.41) is 11.1. The highest BCUT2D eigenvalue weighted by Gasteiger charge is 2.18. The molecule has 0 radical (unpaired) electrons. The first-order valence-corrected chi connectivity index (χ1v) is 10.9. The van der Waals surface area contributed by atoms with Crippen LogP contribution in [0.15, 0.2) is 66.0 Å². The van der Waals surface area contributed by atoms with E-state index in [4.69, 9.17) is 4.74 Å². The third kappa shape index (κ3) is 5.84. The van der Waals surface area contributed by atoms with E-state index in [1.54, 1.807) is 19.4 Å². The minimum atomic E-state index is 0.289. The first-order valence-electron chi connectivity index (χ1n) is 10.9. The Labute approximate surface area is 183 Å². The lowest BCUT2D eigenvalue weighted by atomic mass is 10.1. The largest absolute Gasteiger partial charge is 0.474 e. The Morgan fingerprint density at radius 2 is 1.74 bits per heavy atom. The van der Waals surface area contributed by atoms with Gasteiger partial charge in [-0.1, -0.05) is 30.3 Å². The molecule has 0 spiro atoms. The Morgan fingerprint density at radius 1 is 1.00 bits per heavy atom. The molecule has 3 aromatic rings. The van der Waals surface area contributed by atoms with E-state index >= 15 is 0 Å². The number of aromatic nitrogens is 3. The maximum Gasteiger partial charge on any atom is 0.218 e. The van der Waals surface area contributed by atoms with E-state index in [1.807, 2.05) is 23.0 Å². The van der Waals surface area contributed by atoms with E-state index in [0.29, 0.717) is 13.1 Å². The van der Waals surface area contributed by atoms with Crippen molar-refractivity contribution in [3.63, 3.8) is 0 Å². The highest BCUT2D eigenvalue weighted by atomic mass is 16.5. The number of nitrogens with one attached hydrogen (secondary N) is 2. The van der Waals surface area contributed by atoms with Gasteiger partial charge in [0, 0.05) is 44.3 Å². The average Bonchev–Trinajstić information content (AvgIpc) is 3.50. The molecule has 1 saturated carbocycles. The smallest absolute Gasteiger partial charge is 0.218 e. The Bertz CT molecular complexity index is 979. The predicted octanol–water partition coefficient (Wildman–Crippen LogP) is 3.51. The summed E-state index contributed by atoms with van der Waals surface area (Å²) in [5.74, 6) is 1.46. The Morgan fingerprint density at radius 3 is 2.48 bits per heavy atom. The van der Waals surface area contributed by atoms with Crippen LogP contribution in [0, 0.1) is 0 Å². The average molecular weight is 419 g/mol. The Hall–Kier alpha value is -3.35. The molecule has 0 saturated heterocycles. The van der Waals surface area contributed by atoms with Gasteiger partial charge in [-0.3, -0.25) is 9.67 Å². The van der Waals surface area contributed by atoms with Gasteiger partial charge in [0.05, 0.1) is 6.54 Å². The molecule has 2 aromatic heterocycles. The normalized spacial score (nSPS) is 14.5. The summed E-state index contributed by atoms with van der Waals surface area (Å²) in [6.45, 7) is 2.02. The van der Waals surface area contributed by atoms with Crippen LogP contribution in [0.25, 0.3) is 0 Å². The number of rotatable bonds is 8. The molecular formula is C24H30N6O. The van der Waals surface area contributed by atoms with Crippen molar-refractivity contribution in [1.82, 2.24) is 25.4 Å². The van der Waals surface area contributed by atoms with Crippen molar-refractivity contribution in [3.05, 3.63) is 77.7 Å². The molecule has 4 rings (SSSR count). The van der Waals surface area contributed by atoms with Gasteiger partial charge >= 0.3 is 0 Å². The summed E-state index contributed by atoms with van der Waals surface area (Å²) in [7, 11) is 1.78. The van der Waals surface area contributed by atoms with Gasteiger partial charge in [0.15, 0.2) is 5.96 Å². The molecule has 2 heterocycles. The summed E-state index contributed by atoms with van der Waals surface area (Å²) >= 11 is 0. The van der Waals surface area contributed by atoms with Crippen LogP contribution in [0.5, 0.6) is 5.88 Å². The van der Waals surface area contributed by atoms with Gasteiger partial charge in [-0.2, -0.15) is 5.10 Å². The molecule has 0 amide bonds. The van der Waals surface area contributed by atoms with Gasteiger partial charge in [-0.05, 0) is 48.9 Å². The van der Waals surface area contributed by atoms with Crippen LogP contribution in [-0.4, -0.2) is 33.9 Å². The van der Waals surface area contributed by atoms with Gasteiger partial charge < -0.3 is 15.4 Å². The molecule has 0 bridgehead atoms. The summed E-state index contributed by atoms with van der Waals surface area (Å²) in [6.07, 6.45) is 10.6. The summed E-state index contributed by atoms with van der Waals surface area (Å²) in [6, 6.07) is 14.3. The van der Waals surface area contributed by atoms with E-state index in [2.05, 4.69) is 56.0 Å². The van der Waals surface area contributed by atoms with E-state index in [-0.39, 0.29) is 6.10 Å². The Kier molecular flexibility index (Phi) is 7.16. The number of hydrogen-bond donors (Lipinski definition) is 2. The van der Waals surface area contributed by atoms with Crippen molar-refractivity contribution in [2.75, 3.05) is 7.05 Å². The lowest BCUT2D eigenvalue weighted by molar-refractivity contribution is 0.199. The number of benzene rings is 1. The minimum Gasteiger partial charge on any atom is -0.474 e. The van der Waals surface area contributed by atoms with Gasteiger partial charge in [0.2, 0.25) is 5.88 Å². The van der Waals surface area contributed by atoms with Gasteiger partial charge in [-0.25, -0.2) is 4.98 Å². The van der Waals surface area contributed by atoms with E-state index in [0.717, 1.165) is 36.8 Å². The van der Waals surface area contributed by atoms with Crippen molar-refractivity contribution >= 4 is 5.96 Å². The zero-order valence-electron chi connectivity index (χ0n) is 18.0. The van der Waals surface area contributed by atoms with E-state index < -0.39 is 0 Å². The second-order valence-electron chi connectivity index (χ2n) is 7.74. The lowest BCUT2D eigenvalue weighted by Crippen LogP contribution is -2.36. The zero-order valence-corrected chi connectivity index (χ0v) is 18.0. The zero-order chi connectivity index (χ0) is 21.3. The molecule has 1 aliphatic carbocycles. The maximum absolute atomic E-state index is 6.15. The van der Waals surface area contributed by atoms with Crippen LogP contribution in [0.4, 0.5) is 0 Å². The highest BCUT2D eigenvalue weighted by Crippen LogP contribution is 2.24. The van der Waals surface area contributed by atoms with Crippen molar-refractivity contribution in [2.24, 2.45) is 4.99 Å². The number of hydrogen-bond acceptors (Lipinski definition) is 4. The van der Waals surface area contributed by atoms with Gasteiger partial charge in [-0.15, -0.1) is 0 Å². The topological polar surface area (TPSA) is 76.4 Å². The molecule has 0 aliphatic heterocycles. The van der Waals surface area contributed by atoms with Crippen molar-refractivity contribution in [3.8, 4) is 5.88 Å². The number of nitrogens with zero attached hydrogens (tertiary/aromatic N) is 4. The first kappa shape index (κ1) is 20.9. The lowest BCUT2D eigenvalue weighted by Gasteiger charge is -2.17. The predicted molar refractivity (Wildman–Crippen MR) is 122 cm³/mol. The Balaban J connectivity index is 1.34. The quantitative estimate of drug-likeness (QED) is 0.432. The van der Waals surface area contributed by atoms with Crippen molar-refractivity contribution < 1.29 is 4.74 Å². The third-order valence-corrected chi connectivity index (χ3v) is 5.56. The second-order valence-corrected chi connectivity index (χ2v) is 7.74. The van der Waals surface area contributed by atoms with Crippen LogP contribution in [0.3, 0.4) is 0 Å². The van der Waals surface area contributed by atoms with E-state index in [1.165, 1.54) is 24.0 Å². The fourth-order valence-corrected chi connectivity index (χ4v) is 3.86. The minimum absolute atomic E-state index is 0.289. The molecule has 0 atom stereocenters. The first-order chi connectivity index (χ1) is 15.3. The van der Waals surface area contributed by atoms with Crippen molar-refractivity contribution in [2.45, 2.75) is 51.4 Å². The molecule has 31 heavy (non-hydrogen) atoms. The maximum atomic E-state index is 6.15. The van der Waals surface area contributed by atoms with Crippen LogP contribution in [-0.2, 0) is 19.6 Å². The molecule has 1 aromatic carbocycles. The van der Waals surface area contributed by atoms with Gasteiger partial charge in [0.1, 0.15) is 6.10 Å². The SMILES string of the molecule is CN=C(NCc1ccccc1Cn1cccn1)NCc1cccnc1OC1CCCC1. The monoisotopic (exact) mass is 418 g/mol. The molecule has 1 aliphatic rings. The standard InChI is InChI=1S/C24H30N6O/c1-25-24(27-16-19-8-2-3-9-21(19)18-30-15-7-14-29-30)28-17-20-10-6-13-26-23(20)31-22-11-4-5-12-22/h2-3,6-10,13-15,22H,4-5,11-12,16-18H2,1H3,(H2,25,27,28). The molecule has 1 fully saturated rings. The summed E-state index contributed by atoms with van der Waals surface area (Å²) in [4.78, 5) is 8.83. The molecular weight excluding hydrogens is 388 g/mol. The van der Waals surface area contributed by atoms with E-state index in [9.17, 15) is 0 Å². The van der Waals surface area contributed by atoms with Crippen LogP contribution >= 0.6 is 0 Å². The third-order valence-electron chi connectivity index (χ3n) is 5.56. The van der Waals surface area contributed by atoms with Gasteiger partial charge in [0.25, 0.3) is 0 Å². The van der Waals surface area contributed by atoms with Crippen LogP contribution in [0.1, 0.15) is 42.4 Å². The fraction of sp³-hybridized carbons (Fsp3) is 0.375. The summed E-state index contributed by atoms with van der Waals surface area (Å²) in [5.41, 5.74) is 3.48. The molecule has 7 heteroatoms.